The molecule has 2 spiro atoms. The van der Waals surface area contributed by atoms with Gasteiger partial charge in [-0.15, -0.1) is 0 Å². The minimum Gasteiger partial charge on any atom is -0.315 e. The van der Waals surface area contributed by atoms with Gasteiger partial charge in [-0.05, 0) is 175 Å². The molecule has 0 saturated carbocycles. The van der Waals surface area contributed by atoms with Crippen molar-refractivity contribution in [3.05, 3.63) is 69.8 Å². The van der Waals surface area contributed by atoms with E-state index in [0.29, 0.717) is 77.5 Å². The van der Waals surface area contributed by atoms with Gasteiger partial charge in [-0.25, -0.2) is 25.4 Å². The zero-order valence-electron chi connectivity index (χ0n) is 46.4. The van der Waals surface area contributed by atoms with Crippen LogP contribution in [0.1, 0.15) is 175 Å². The highest BCUT2D eigenvalue weighted by Crippen LogP contribution is 2.35. The average molecular weight is 1090 g/mol. The minimum absolute atomic E-state index is 0.0184. The Labute approximate surface area is 454 Å². The van der Waals surface area contributed by atoms with E-state index in [4.69, 9.17) is 9.98 Å². The minimum atomic E-state index is -3.47. The number of carbonyl (C=O) groups is 4. The molecule has 12 rings (SSSR count). The number of amides is 4. The van der Waals surface area contributed by atoms with Crippen LogP contribution in [0.15, 0.2) is 46.4 Å². The summed E-state index contributed by atoms with van der Waals surface area (Å²) in [7, 11) is -3.30. The molecule has 0 aliphatic carbocycles. The first-order valence-corrected chi connectivity index (χ1v) is 31.6. The molecule has 2 fully saturated rings. The van der Waals surface area contributed by atoms with Crippen LogP contribution in [-0.2, 0) is 52.1 Å². The van der Waals surface area contributed by atoms with Gasteiger partial charge in [0.05, 0.1) is 11.5 Å². The summed E-state index contributed by atoms with van der Waals surface area (Å²) < 4.78 is 56.0. The fourth-order valence-electron chi connectivity index (χ4n) is 11.8. The van der Waals surface area contributed by atoms with Crippen LogP contribution in [0.4, 0.5) is 11.4 Å². The van der Waals surface area contributed by atoms with Gasteiger partial charge in [-0.2, -0.15) is 0 Å². The van der Waals surface area contributed by atoms with Crippen LogP contribution in [0.3, 0.4) is 0 Å². The van der Waals surface area contributed by atoms with E-state index in [1.54, 1.807) is 9.80 Å². The van der Waals surface area contributed by atoms with Gasteiger partial charge in [-0.1, -0.05) is 50.7 Å². The molecule has 0 aromatic heterocycles. The van der Waals surface area contributed by atoms with E-state index in [0.717, 1.165) is 146 Å². The maximum absolute atomic E-state index is 13.2. The number of fused-ring (bicyclic) bond motifs is 4. The molecule has 2 saturated heterocycles. The molecule has 2 aromatic carbocycles. The average Bonchev–Trinajstić information content (AvgIpc) is 3.86. The van der Waals surface area contributed by atoms with Gasteiger partial charge in [0.15, 0.2) is 0 Å². The Morgan fingerprint density at radius 1 is 0.447 bits per heavy atom. The number of hydrogen-bond donors (Lipinski definition) is 2. The molecular weight excluding hydrogens is 1000 g/mol. The van der Waals surface area contributed by atoms with Crippen molar-refractivity contribution < 1.29 is 36.0 Å². The molecule has 4 amide bonds. The van der Waals surface area contributed by atoms with Crippen molar-refractivity contribution in [2.75, 3.05) is 61.6 Å². The number of aliphatic imine (C=N–C) groups is 2. The number of nitrogens with zero attached hydrogens (tertiary/aromatic N) is 6. The van der Waals surface area contributed by atoms with E-state index in [-0.39, 0.29) is 35.1 Å². The van der Waals surface area contributed by atoms with Crippen molar-refractivity contribution in [2.24, 2.45) is 9.98 Å². The number of allylic oxidation sites excluding steroid dienone is 2. The van der Waals surface area contributed by atoms with Gasteiger partial charge in [0.2, 0.25) is 31.9 Å². The summed E-state index contributed by atoms with van der Waals surface area (Å²) in [6.07, 6.45) is 23.9. The Kier molecular flexibility index (Phi) is 20.3. The summed E-state index contributed by atoms with van der Waals surface area (Å²) in [5.41, 5.74) is 6.09. The van der Waals surface area contributed by atoms with Crippen LogP contribution in [0.5, 0.6) is 0 Å². The molecule has 2 aromatic rings. The molecule has 0 radical (unpaired) electrons. The molecule has 10 aliphatic rings. The van der Waals surface area contributed by atoms with E-state index in [1.807, 2.05) is 66.1 Å². The number of anilines is 2. The Balaban J connectivity index is 0.000000221. The number of benzene rings is 2. The third kappa shape index (κ3) is 14.9. The quantitative estimate of drug-likeness (QED) is 0.245. The topological polar surface area (TPSA) is 198 Å². The summed E-state index contributed by atoms with van der Waals surface area (Å²) in [6.45, 7) is 9.18. The maximum Gasteiger partial charge on any atom is 0.253 e. The van der Waals surface area contributed by atoms with Gasteiger partial charge < -0.3 is 20.4 Å². The fraction of sp³-hybridized carbons (Fsp3) is 0.655. The van der Waals surface area contributed by atoms with Crippen molar-refractivity contribution >= 4 is 66.7 Å². The van der Waals surface area contributed by atoms with Crippen LogP contribution >= 0.6 is 0 Å². The van der Waals surface area contributed by atoms with E-state index < -0.39 is 31.1 Å². The third-order valence-electron chi connectivity index (χ3n) is 16.8. The van der Waals surface area contributed by atoms with Gasteiger partial charge in [-0.3, -0.25) is 29.2 Å². The van der Waals surface area contributed by atoms with Crippen LogP contribution in [0, 0.1) is 27.7 Å². The summed E-state index contributed by atoms with van der Waals surface area (Å²) in [5, 5.41) is 5.94. The second-order valence-electron chi connectivity index (χ2n) is 22.3. The van der Waals surface area contributed by atoms with E-state index >= 15 is 0 Å². The predicted molar refractivity (Wildman–Crippen MR) is 304 cm³/mol. The molecule has 418 valence electrons. The second-order valence-corrected chi connectivity index (χ2v) is 26.5. The Morgan fingerprint density at radius 2 is 0.763 bits per heavy atom. The smallest absolute Gasteiger partial charge is 0.253 e. The second kappa shape index (κ2) is 26.2. The van der Waals surface area contributed by atoms with Crippen molar-refractivity contribution in [2.45, 2.75) is 193 Å². The van der Waals surface area contributed by atoms with Gasteiger partial charge in [0.25, 0.3) is 11.8 Å². The van der Waals surface area contributed by atoms with Crippen LogP contribution in [0.25, 0.3) is 0 Å². The molecule has 0 atom stereocenters. The lowest BCUT2D eigenvalue weighted by Gasteiger charge is -2.34. The molecule has 10 bridgehead atoms. The van der Waals surface area contributed by atoms with Gasteiger partial charge in [0, 0.05) is 77.3 Å². The normalized spacial score (nSPS) is 27.7. The molecule has 18 heteroatoms. The fourth-order valence-corrected chi connectivity index (χ4v) is 14.7. The SMILES string of the molecule is Cc1cc2cc(C)c1CCS(=O)(=O)N1CCC3(CC1)N=C(CCCCC=CCCCCC(=O)N2C)NC3=O.Cc1cc2cc(C)c1CCS(=O)(=O)N1CCC3(CC1)N=C(CCCCCCCCCCC(=O)N2C)NC3=O. The molecule has 10 aliphatic heterocycles. The Bertz CT molecular complexity index is 2710. The molecule has 16 nitrogen and oxygen atoms in total. The summed E-state index contributed by atoms with van der Waals surface area (Å²) in [5.74, 6) is 1.62. The van der Waals surface area contributed by atoms with E-state index in [2.05, 4.69) is 22.8 Å². The molecule has 0 unspecified atom stereocenters. The van der Waals surface area contributed by atoms with E-state index in [1.165, 1.54) is 21.5 Å². The predicted octanol–water partition coefficient (Wildman–Crippen LogP) is 8.61. The number of piperidine rings is 2. The summed E-state index contributed by atoms with van der Waals surface area (Å²) >= 11 is 0. The number of rotatable bonds is 0. The number of aryl methyl sites for hydroxylation is 4. The van der Waals surface area contributed by atoms with Crippen LogP contribution in [0.2, 0.25) is 0 Å². The summed E-state index contributed by atoms with van der Waals surface area (Å²) in [6, 6.07) is 7.95. The van der Waals surface area contributed by atoms with Gasteiger partial charge in [0.1, 0.15) is 22.7 Å². The lowest BCUT2D eigenvalue weighted by Crippen LogP contribution is -2.50. The zero-order valence-corrected chi connectivity index (χ0v) is 48.1. The Hall–Kier alpha value is -4.78. The molecule has 76 heavy (non-hydrogen) atoms. The highest BCUT2D eigenvalue weighted by molar-refractivity contribution is 7.89. The van der Waals surface area contributed by atoms with E-state index in [9.17, 15) is 36.0 Å². The van der Waals surface area contributed by atoms with Crippen molar-refractivity contribution in [1.82, 2.24) is 19.2 Å². The molecule has 10 heterocycles. The largest absolute Gasteiger partial charge is 0.315 e. The molecule has 2 N–H and O–H groups in total. The monoisotopic (exact) mass is 1090 g/mol. The maximum atomic E-state index is 13.2. The summed E-state index contributed by atoms with van der Waals surface area (Å²) in [4.78, 5) is 64.2. The highest BCUT2D eigenvalue weighted by atomic mass is 32.2. The number of carbonyl (C=O) groups excluding carboxylic acids is 4. The van der Waals surface area contributed by atoms with Crippen LogP contribution < -0.4 is 20.4 Å². The number of amidine groups is 2. The van der Waals surface area contributed by atoms with Crippen molar-refractivity contribution in [3.63, 3.8) is 0 Å². The highest BCUT2D eigenvalue weighted by Gasteiger charge is 2.48. The van der Waals surface area contributed by atoms with Crippen molar-refractivity contribution in [3.8, 4) is 0 Å². The lowest BCUT2D eigenvalue weighted by atomic mass is 9.89. The first kappa shape index (κ1) is 58.9. The molecular formula is C58H86N8O8S2. The first-order valence-electron chi connectivity index (χ1n) is 28.4. The van der Waals surface area contributed by atoms with Crippen molar-refractivity contribution in [1.29, 1.82) is 0 Å². The number of nitrogens with one attached hydrogen (secondary N) is 2. The number of hydrogen-bond acceptors (Lipinski definition) is 10. The Morgan fingerprint density at radius 3 is 1.13 bits per heavy atom. The first-order chi connectivity index (χ1) is 36.2. The zero-order chi connectivity index (χ0) is 54.7. The standard InChI is InChI=1S/C29H44N4O4S.C29H42N4O4S/c2*1-22-20-24-21-23(2)25(22)14-19-38(36,37)33-17-15-29(16-18-33)28(35)30-26(31-29)12-10-8-6-4-5-7-9-11-13-27(34)32(24)3/h20-21H,4-19H2,1-3H3,(H,30,31,35);4-5,20-21H,6-19H2,1-3H3,(H,30,31,35). The lowest BCUT2D eigenvalue weighted by molar-refractivity contribution is -0.125. The van der Waals surface area contributed by atoms with Gasteiger partial charge >= 0.3 is 0 Å². The third-order valence-corrected chi connectivity index (χ3v) is 20.6. The van der Waals surface area contributed by atoms with Crippen LogP contribution in [-0.4, -0.2) is 124 Å². The number of sulfonamides is 2.